The molecule has 1 saturated carbocycles. The summed E-state index contributed by atoms with van der Waals surface area (Å²) in [4.78, 5) is 34.3. The number of nitrogens with zero attached hydrogens (tertiary/aromatic N) is 5. The Morgan fingerprint density at radius 2 is 1.73 bits per heavy atom. The molecule has 3 aromatic rings. The van der Waals surface area contributed by atoms with Gasteiger partial charge in [0.25, 0.3) is 11.8 Å². The van der Waals surface area contributed by atoms with Crippen LogP contribution in [-0.2, 0) is 11.3 Å². The minimum Gasteiger partial charge on any atom is -0.345 e. The molecule has 45 heavy (non-hydrogen) atoms. The third-order valence-electron chi connectivity index (χ3n) is 9.17. The van der Waals surface area contributed by atoms with E-state index in [9.17, 15) is 18.4 Å². The van der Waals surface area contributed by atoms with Gasteiger partial charge in [0, 0.05) is 25.3 Å². The van der Waals surface area contributed by atoms with Crippen molar-refractivity contribution in [2.45, 2.75) is 103 Å². The first-order valence-corrected chi connectivity index (χ1v) is 19.2. The molecule has 0 radical (unpaired) electrons. The molecule has 1 aromatic heterocycles. The quantitative estimate of drug-likeness (QED) is 0.258. The molecule has 2 amide bonds. The fourth-order valence-corrected chi connectivity index (χ4v) is 8.63. The van der Waals surface area contributed by atoms with E-state index >= 15 is 0 Å². The largest absolute Gasteiger partial charge is 0.345 e. The summed E-state index contributed by atoms with van der Waals surface area (Å²) in [6, 6.07) is 10.1. The maximum absolute atomic E-state index is 14.5. The fourth-order valence-electron chi connectivity index (χ4n) is 6.61. The summed E-state index contributed by atoms with van der Waals surface area (Å²) in [5.41, 5.74) is 1.40. The molecule has 1 aliphatic carbocycles. The van der Waals surface area contributed by atoms with Crippen molar-refractivity contribution in [1.82, 2.24) is 30.8 Å². The summed E-state index contributed by atoms with van der Waals surface area (Å²) in [6.07, 6.45) is 4.76. The first-order valence-electron chi connectivity index (χ1n) is 15.7. The lowest BCUT2D eigenvalue weighted by molar-refractivity contribution is -0.133. The molecule has 9 nitrogen and oxygen atoms in total. The molecule has 1 spiro atoms. The molecule has 12 heteroatoms. The molecular weight excluding hydrogens is 592 g/mol. The number of benzene rings is 2. The van der Waals surface area contributed by atoms with Crippen LogP contribution in [0, 0.1) is 17.0 Å². The van der Waals surface area contributed by atoms with Gasteiger partial charge in [-0.2, -0.15) is 5.21 Å². The van der Waals surface area contributed by atoms with Crippen molar-refractivity contribution in [2.24, 2.45) is 10.4 Å². The number of nitrogens with one attached hydrogen (secondary N) is 2. The van der Waals surface area contributed by atoms with Gasteiger partial charge in [-0.05, 0) is 79.3 Å². The Bertz CT molecular complexity index is 1530. The number of hydrogen-bond donors (Lipinski definition) is 2. The van der Waals surface area contributed by atoms with Crippen LogP contribution in [0.4, 0.5) is 8.78 Å². The Morgan fingerprint density at radius 3 is 2.29 bits per heavy atom. The Hall–Kier alpha value is -3.80. The van der Waals surface area contributed by atoms with Gasteiger partial charge in [-0.3, -0.25) is 14.6 Å². The lowest BCUT2D eigenvalue weighted by atomic mass is 9.83. The van der Waals surface area contributed by atoms with Gasteiger partial charge < -0.3 is 10.2 Å². The second kappa shape index (κ2) is 12.5. The number of H-pyrrole nitrogens is 1. The number of carbonyl (C=O) groups excluding carboxylic acids is 2. The summed E-state index contributed by atoms with van der Waals surface area (Å²) in [5.74, 6) is -1.71. The van der Waals surface area contributed by atoms with E-state index < -0.39 is 25.4 Å². The van der Waals surface area contributed by atoms with Crippen molar-refractivity contribution in [3.05, 3.63) is 76.6 Å². The highest BCUT2D eigenvalue weighted by molar-refractivity contribution is 6.77. The van der Waals surface area contributed by atoms with Crippen LogP contribution in [0.3, 0.4) is 0 Å². The van der Waals surface area contributed by atoms with Crippen LogP contribution in [0.25, 0.3) is 0 Å². The number of carbonyl (C=O) groups is 2. The second-order valence-corrected chi connectivity index (χ2v) is 20.2. The third kappa shape index (κ3) is 7.37. The molecule has 0 bridgehead atoms. The molecular formula is C33H43F2N7O2Si. The van der Waals surface area contributed by atoms with Crippen LogP contribution in [-0.4, -0.2) is 56.8 Å². The predicted octanol–water partition coefficient (Wildman–Crippen LogP) is 6.59. The molecule has 0 unspecified atom stereocenters. The molecule has 5 rings (SSSR count). The van der Waals surface area contributed by atoms with Crippen molar-refractivity contribution in [2.75, 3.05) is 0 Å². The minimum atomic E-state index is -1.43. The maximum Gasteiger partial charge on any atom is 0.275 e. The summed E-state index contributed by atoms with van der Waals surface area (Å²) < 4.78 is 28.8. The molecule has 2 aromatic carbocycles. The summed E-state index contributed by atoms with van der Waals surface area (Å²) in [5, 5.41) is 16.4. The Kier molecular flexibility index (Phi) is 9.08. The average Bonchev–Trinajstić information content (AvgIpc) is 3.58. The molecule has 1 atom stereocenters. The molecule has 2 heterocycles. The first kappa shape index (κ1) is 32.6. The van der Waals surface area contributed by atoms with E-state index in [0.717, 1.165) is 30.9 Å². The van der Waals surface area contributed by atoms with Gasteiger partial charge in [0.1, 0.15) is 23.0 Å². The van der Waals surface area contributed by atoms with Crippen molar-refractivity contribution in [3.63, 3.8) is 0 Å². The number of hydrogen-bond acceptors (Lipinski definition) is 6. The van der Waals surface area contributed by atoms with Crippen LogP contribution < -0.4 is 5.32 Å². The van der Waals surface area contributed by atoms with Crippen LogP contribution in [0.5, 0.6) is 0 Å². The standard InChI is InChI=1S/C33H43F2N7O2Si/c1-32(2,3)14-13-27(21-7-9-22(10-8-21)30(43)36-20-28-38-40-41-39-28)42-31(44)29(23-17-24(34)19-25(35)18-23)37-33(42)15-11-26(12-16-33)45(4,5)6/h7-10,17-19,26-27H,11-16,20H2,1-6H3,(H,36,43)(H,38,39,40,41)/t26?,27-,33?/m1/s1. The number of aromatic nitrogens is 4. The average molecular weight is 636 g/mol. The van der Waals surface area contributed by atoms with E-state index in [1.807, 2.05) is 17.0 Å². The number of aromatic amines is 1. The van der Waals surface area contributed by atoms with Gasteiger partial charge in [-0.1, -0.05) is 57.8 Å². The molecule has 1 aliphatic heterocycles. The zero-order chi connectivity index (χ0) is 32.6. The number of halogens is 2. The fraction of sp³-hybridized carbons (Fsp3) is 0.515. The summed E-state index contributed by atoms with van der Waals surface area (Å²) in [7, 11) is -1.43. The SMILES string of the molecule is CC(C)(C)CC[C@H](c1ccc(C(=O)NCc2nn[nH]n2)cc1)N1C(=O)C(c2cc(F)cc(F)c2)=NC12CCC([Si](C)(C)C)CC2. The topological polar surface area (TPSA) is 116 Å². The van der Waals surface area contributed by atoms with Crippen molar-refractivity contribution in [3.8, 4) is 0 Å². The number of aliphatic imine (C=N–C) groups is 1. The van der Waals surface area contributed by atoms with Crippen molar-refractivity contribution in [1.29, 1.82) is 0 Å². The van der Waals surface area contributed by atoms with E-state index in [1.165, 1.54) is 12.1 Å². The van der Waals surface area contributed by atoms with Crippen LogP contribution in [0.2, 0.25) is 25.2 Å². The first-order chi connectivity index (χ1) is 21.1. The summed E-state index contributed by atoms with van der Waals surface area (Å²) >= 11 is 0. The molecule has 2 N–H and O–H groups in total. The second-order valence-electron chi connectivity index (χ2n) is 14.7. The van der Waals surface area contributed by atoms with Crippen molar-refractivity contribution >= 4 is 25.6 Å². The van der Waals surface area contributed by atoms with E-state index in [4.69, 9.17) is 4.99 Å². The smallest absolute Gasteiger partial charge is 0.275 e. The van der Waals surface area contributed by atoms with Crippen LogP contribution >= 0.6 is 0 Å². The normalized spacial score (nSPS) is 21.2. The minimum absolute atomic E-state index is 0.00592. The van der Waals surface area contributed by atoms with Crippen LogP contribution in [0.1, 0.15) is 92.6 Å². The Morgan fingerprint density at radius 1 is 1.09 bits per heavy atom. The Balaban J connectivity index is 1.51. The molecule has 2 aliphatic rings. The zero-order valence-electron chi connectivity index (χ0n) is 27.0. The number of amides is 2. The monoisotopic (exact) mass is 635 g/mol. The Labute approximate surface area is 264 Å². The van der Waals surface area contributed by atoms with Crippen molar-refractivity contribution < 1.29 is 18.4 Å². The van der Waals surface area contributed by atoms with Gasteiger partial charge in [-0.25, -0.2) is 8.78 Å². The van der Waals surface area contributed by atoms with Gasteiger partial charge in [0.05, 0.1) is 12.6 Å². The number of tetrazole rings is 1. The van der Waals surface area contributed by atoms with Gasteiger partial charge in [0.2, 0.25) is 0 Å². The van der Waals surface area contributed by atoms with E-state index in [1.54, 1.807) is 12.1 Å². The van der Waals surface area contributed by atoms with E-state index in [-0.39, 0.29) is 41.1 Å². The third-order valence-corrected chi connectivity index (χ3v) is 12.2. The number of rotatable bonds is 9. The highest BCUT2D eigenvalue weighted by Crippen LogP contribution is 2.50. The zero-order valence-corrected chi connectivity index (χ0v) is 28.0. The van der Waals surface area contributed by atoms with E-state index in [0.29, 0.717) is 36.2 Å². The molecule has 240 valence electrons. The highest BCUT2D eigenvalue weighted by Gasteiger charge is 2.53. The predicted molar refractivity (Wildman–Crippen MR) is 171 cm³/mol. The maximum atomic E-state index is 14.5. The molecule has 0 saturated heterocycles. The van der Waals surface area contributed by atoms with E-state index in [2.05, 4.69) is 66.4 Å². The van der Waals surface area contributed by atoms with Gasteiger partial charge >= 0.3 is 0 Å². The van der Waals surface area contributed by atoms with Gasteiger partial charge in [0.15, 0.2) is 5.82 Å². The molecule has 1 fully saturated rings. The highest BCUT2D eigenvalue weighted by atomic mass is 28.3. The van der Waals surface area contributed by atoms with Crippen LogP contribution in [0.15, 0.2) is 47.5 Å². The lowest BCUT2D eigenvalue weighted by Gasteiger charge is -2.47. The lowest BCUT2D eigenvalue weighted by Crippen LogP contribution is -2.51. The summed E-state index contributed by atoms with van der Waals surface area (Å²) in [6.45, 7) is 13.8. The van der Waals surface area contributed by atoms with Gasteiger partial charge in [-0.15, -0.1) is 10.2 Å².